The molecule has 0 aromatic heterocycles. The maximum Gasteiger partial charge on any atom is 0.150 e. The summed E-state index contributed by atoms with van der Waals surface area (Å²) in [6, 6.07) is -0.115. The summed E-state index contributed by atoms with van der Waals surface area (Å²) in [5, 5.41) is 51.6. The first-order valence-corrected chi connectivity index (χ1v) is 19.4. The van der Waals surface area contributed by atoms with Crippen LogP contribution in [0.15, 0.2) is 26.1 Å². The van der Waals surface area contributed by atoms with Crippen molar-refractivity contribution in [3.05, 3.63) is 0 Å². The third-order valence-corrected chi connectivity index (χ3v) is 14.5. The molecule has 5 aliphatic heterocycles. The van der Waals surface area contributed by atoms with Crippen LogP contribution in [-0.4, -0.2) is 60.2 Å². The van der Waals surface area contributed by atoms with Crippen LogP contribution in [0.3, 0.4) is 0 Å². The summed E-state index contributed by atoms with van der Waals surface area (Å²) in [5.74, 6) is 4.18. The molecule has 16 heteroatoms. The molecule has 9 aliphatic rings. The Kier molecular flexibility index (Phi) is 9.11. The van der Waals surface area contributed by atoms with Crippen molar-refractivity contribution in [3.8, 4) is 0 Å². The van der Waals surface area contributed by atoms with Gasteiger partial charge in [0, 0.05) is 5.92 Å². The number of hydrogen-bond acceptors (Lipinski definition) is 10. The highest BCUT2D eigenvalue weighted by molar-refractivity contribution is 5.09. The van der Waals surface area contributed by atoms with Gasteiger partial charge in [0.2, 0.25) is 0 Å². The quantitative estimate of drug-likeness (QED) is 0.122. The van der Waals surface area contributed by atoms with Crippen molar-refractivity contribution >= 4 is 0 Å². The fraction of sp³-hybridized carbons (Fsp3) is 1.00. The Balaban J connectivity index is 1.07. The van der Waals surface area contributed by atoms with Gasteiger partial charge in [0.05, 0.1) is 54.5 Å². The summed E-state index contributed by atoms with van der Waals surface area (Å²) in [5.41, 5.74) is 14.8. The van der Waals surface area contributed by atoms with Crippen molar-refractivity contribution in [1.82, 2.24) is 42.5 Å². The molecule has 0 amide bonds. The van der Waals surface area contributed by atoms with Crippen LogP contribution in [0.4, 0.5) is 0 Å². The van der Waals surface area contributed by atoms with Crippen LogP contribution in [0.5, 0.6) is 0 Å². The molecule has 17 atom stereocenters. The van der Waals surface area contributed by atoms with E-state index in [9.17, 15) is 0 Å². The molecule has 48 heavy (non-hydrogen) atoms. The zero-order valence-corrected chi connectivity index (χ0v) is 28.1. The average Bonchev–Trinajstić information content (AvgIpc) is 3.86. The topological polar surface area (TPSA) is 209 Å². The number of fused-ring (bicyclic) bond motifs is 20. The highest BCUT2D eigenvalue weighted by Gasteiger charge is 2.56. The van der Waals surface area contributed by atoms with Crippen LogP contribution in [0.2, 0.25) is 0 Å². The minimum Gasteiger partial charge on any atom is -0.286 e. The third-order valence-electron chi connectivity index (χ3n) is 14.5. The zero-order chi connectivity index (χ0) is 32.2. The fourth-order valence-electron chi connectivity index (χ4n) is 12.6. The molecule has 10 N–H and O–H groups in total. The van der Waals surface area contributed by atoms with E-state index in [0.717, 1.165) is 19.3 Å². The molecule has 17 unspecified atom stereocenters. The van der Waals surface area contributed by atoms with E-state index in [1.807, 2.05) is 0 Å². The van der Waals surface area contributed by atoms with E-state index in [2.05, 4.69) is 68.7 Å². The van der Waals surface area contributed by atoms with Gasteiger partial charge in [-0.3, -0.25) is 42.5 Å². The first-order chi connectivity index (χ1) is 23.7. The molecule has 4 saturated carbocycles. The third kappa shape index (κ3) is 5.67. The highest BCUT2D eigenvalue weighted by atomic mass is 15.7. The molecule has 5 saturated heterocycles. The van der Waals surface area contributed by atoms with Crippen LogP contribution in [0.1, 0.15) is 96.3 Å². The maximum atomic E-state index is 7.54. The normalized spacial score (nSPS) is 51.9. The minimum absolute atomic E-state index is 0.00490. The first kappa shape index (κ1) is 32.0. The standard InChI is InChI=1S/C32H57N16/c33-43-45-47-48(46-44-34)23-15-7-14-22-24(23)32-41-30-21-13-6-5-12-20(21)28(39-30)37-26-17-9-2-1-8-16(17)25(35-26)36-27-18-10-3-4-11-19(18)29(38-27)40-31(22)42-32/h16-42H,1-15H2/q+1. The Hall–Kier alpha value is -1.92. The summed E-state index contributed by atoms with van der Waals surface area (Å²) in [6.07, 6.45) is 20.3. The lowest BCUT2D eigenvalue weighted by molar-refractivity contribution is -0.654. The van der Waals surface area contributed by atoms with Crippen molar-refractivity contribution in [2.45, 2.75) is 152 Å². The predicted octanol–water partition coefficient (Wildman–Crippen LogP) is 3.31. The first-order valence-electron chi connectivity index (χ1n) is 19.4. The molecule has 0 radical (unpaired) electrons. The van der Waals surface area contributed by atoms with Crippen molar-refractivity contribution in [3.63, 3.8) is 0 Å². The van der Waals surface area contributed by atoms with Gasteiger partial charge < -0.3 is 0 Å². The molecule has 9 fully saturated rings. The second kappa shape index (κ2) is 13.7. The van der Waals surface area contributed by atoms with E-state index < -0.39 is 0 Å². The van der Waals surface area contributed by atoms with Crippen molar-refractivity contribution < 1.29 is 4.81 Å². The number of hydrogen-bond donors (Lipinski definition) is 10. The largest absolute Gasteiger partial charge is 0.286 e. The molecule has 16 nitrogen and oxygen atoms in total. The van der Waals surface area contributed by atoms with E-state index in [-0.39, 0.29) is 42.8 Å². The van der Waals surface area contributed by atoms with Gasteiger partial charge in [-0.1, -0.05) is 38.5 Å². The molecule has 4 aliphatic carbocycles. The van der Waals surface area contributed by atoms with Crippen LogP contribution in [0.25, 0.3) is 0 Å². The van der Waals surface area contributed by atoms with E-state index in [1.165, 1.54) is 81.9 Å². The molecule has 0 aromatic rings. The van der Waals surface area contributed by atoms with Gasteiger partial charge in [-0.2, -0.15) is 5.53 Å². The summed E-state index contributed by atoms with van der Waals surface area (Å²) < 4.78 is 0. The summed E-state index contributed by atoms with van der Waals surface area (Å²) >= 11 is 0. The van der Waals surface area contributed by atoms with Gasteiger partial charge in [-0.15, -0.1) is 5.53 Å². The molecule has 0 spiro atoms. The molecule has 0 aromatic carbocycles. The fourth-order valence-corrected chi connectivity index (χ4v) is 12.6. The van der Waals surface area contributed by atoms with Crippen molar-refractivity contribution in [2.24, 2.45) is 73.5 Å². The average molecular weight is 666 g/mol. The Labute approximate surface area is 283 Å². The summed E-state index contributed by atoms with van der Waals surface area (Å²) in [7, 11) is 0. The molecule has 5 heterocycles. The van der Waals surface area contributed by atoms with E-state index in [1.54, 1.807) is 0 Å². The van der Waals surface area contributed by atoms with Gasteiger partial charge in [-0.05, 0) is 104 Å². The van der Waals surface area contributed by atoms with Crippen LogP contribution >= 0.6 is 0 Å². The van der Waals surface area contributed by atoms with Gasteiger partial charge in [0.1, 0.15) is 21.7 Å². The van der Waals surface area contributed by atoms with E-state index in [0.29, 0.717) is 59.9 Å². The highest BCUT2D eigenvalue weighted by Crippen LogP contribution is 2.46. The van der Waals surface area contributed by atoms with E-state index >= 15 is 0 Å². The molecular weight excluding hydrogens is 608 g/mol. The van der Waals surface area contributed by atoms with Crippen molar-refractivity contribution in [1.29, 1.82) is 11.1 Å². The Morgan fingerprint density at radius 3 is 1.12 bits per heavy atom. The van der Waals surface area contributed by atoms with E-state index in [4.69, 9.17) is 11.1 Å². The zero-order valence-electron chi connectivity index (χ0n) is 28.1. The second-order valence-corrected chi connectivity index (χ2v) is 16.5. The monoisotopic (exact) mass is 665 g/mol. The predicted molar refractivity (Wildman–Crippen MR) is 174 cm³/mol. The maximum absolute atomic E-state index is 7.54. The minimum atomic E-state index is -0.115. The number of nitrogens with zero attached hydrogens (tertiary/aromatic N) is 6. The Bertz CT molecular complexity index is 1240. The molecular formula is C32H57N16+. The SMILES string of the molecule is N=NN=N[N+](=NN=N)C1CCCC2C3NC4NC(NC5NC(NC6NC(NC(N3)C21)C1CCCCC61)C1CCCCC51)C1CCCCC41. The van der Waals surface area contributed by atoms with Crippen LogP contribution in [-0.2, 0) is 0 Å². The Morgan fingerprint density at radius 1 is 0.396 bits per heavy atom. The molecule has 9 rings (SSSR count). The second-order valence-electron chi connectivity index (χ2n) is 16.5. The lowest BCUT2D eigenvalue weighted by Crippen LogP contribution is -2.62. The summed E-state index contributed by atoms with van der Waals surface area (Å²) in [6.45, 7) is 0. The van der Waals surface area contributed by atoms with Crippen molar-refractivity contribution in [2.75, 3.05) is 0 Å². The number of rotatable bonds is 4. The van der Waals surface area contributed by atoms with Gasteiger partial charge in [0.15, 0.2) is 5.22 Å². The van der Waals surface area contributed by atoms with Gasteiger partial charge in [0.25, 0.3) is 0 Å². The summed E-state index contributed by atoms with van der Waals surface area (Å²) in [4.78, 5) is 1.45. The molecule has 8 bridgehead atoms. The van der Waals surface area contributed by atoms with Gasteiger partial charge >= 0.3 is 0 Å². The lowest BCUT2D eigenvalue weighted by atomic mass is 9.74. The smallest absolute Gasteiger partial charge is 0.150 e. The van der Waals surface area contributed by atoms with Crippen LogP contribution < -0.4 is 42.5 Å². The molecule has 264 valence electrons. The number of nitrogens with one attached hydrogen (secondary N) is 10. The Morgan fingerprint density at radius 2 is 0.750 bits per heavy atom. The van der Waals surface area contributed by atoms with Gasteiger partial charge in [-0.25, -0.2) is 0 Å². The lowest BCUT2D eigenvalue weighted by Gasteiger charge is -2.37. The van der Waals surface area contributed by atoms with Crippen LogP contribution in [0, 0.1) is 58.4 Å².